The lowest BCUT2D eigenvalue weighted by Gasteiger charge is -2.23. The van der Waals surface area contributed by atoms with Gasteiger partial charge in [-0.05, 0) is 30.5 Å². The predicted octanol–water partition coefficient (Wildman–Crippen LogP) is 1.72. The van der Waals surface area contributed by atoms with Gasteiger partial charge in [0.1, 0.15) is 5.25 Å². The van der Waals surface area contributed by atoms with Crippen molar-refractivity contribution < 1.29 is 13.2 Å². The second kappa shape index (κ2) is 5.18. The lowest BCUT2D eigenvalue weighted by atomic mass is 9.94. The number of carbonyl (C=O) groups excluding carboxylic acids is 1. The van der Waals surface area contributed by atoms with Gasteiger partial charge in [-0.1, -0.05) is 13.3 Å². The van der Waals surface area contributed by atoms with Gasteiger partial charge in [0, 0.05) is 18.3 Å². The molecule has 1 aliphatic rings. The fourth-order valence-corrected chi connectivity index (χ4v) is 4.34. The number of sulfone groups is 1. The maximum atomic E-state index is 12.3. The Kier molecular flexibility index (Phi) is 3.80. The number of hydrogen-bond donors (Lipinski definition) is 0. The molecular weight excluding hydrogens is 250 g/mol. The Morgan fingerprint density at radius 2 is 2.00 bits per heavy atom. The number of nitrogens with zero attached hydrogens (tertiary/aromatic N) is 1. The molecule has 0 spiro atoms. The molecule has 4 nitrogen and oxygen atoms in total. The Morgan fingerprint density at radius 1 is 1.33 bits per heavy atom. The smallest absolute Gasteiger partial charge is 0.160 e. The molecule has 2 atom stereocenters. The average molecular weight is 267 g/mol. The van der Waals surface area contributed by atoms with Crippen molar-refractivity contribution in [3.8, 4) is 0 Å². The van der Waals surface area contributed by atoms with Gasteiger partial charge in [0.05, 0.1) is 5.75 Å². The number of carbonyl (C=O) groups is 1. The highest BCUT2D eigenvalue weighted by atomic mass is 32.2. The van der Waals surface area contributed by atoms with Gasteiger partial charge < -0.3 is 0 Å². The van der Waals surface area contributed by atoms with Gasteiger partial charge in [0.15, 0.2) is 15.6 Å². The van der Waals surface area contributed by atoms with Crippen LogP contribution in [0.25, 0.3) is 0 Å². The summed E-state index contributed by atoms with van der Waals surface area (Å²) in [6.45, 7) is 1.77. The van der Waals surface area contributed by atoms with Crippen molar-refractivity contribution in [1.29, 1.82) is 0 Å². The first-order valence-corrected chi connectivity index (χ1v) is 7.89. The maximum Gasteiger partial charge on any atom is 0.160 e. The summed E-state index contributed by atoms with van der Waals surface area (Å²) in [7, 11) is -3.24. The van der Waals surface area contributed by atoms with Crippen LogP contribution >= 0.6 is 0 Å². The molecule has 18 heavy (non-hydrogen) atoms. The van der Waals surface area contributed by atoms with E-state index in [-0.39, 0.29) is 17.5 Å². The Labute approximate surface area is 107 Å². The molecule has 2 rings (SSSR count). The maximum absolute atomic E-state index is 12.3. The van der Waals surface area contributed by atoms with Gasteiger partial charge in [-0.15, -0.1) is 0 Å². The lowest BCUT2D eigenvalue weighted by molar-refractivity contribution is -0.119. The Morgan fingerprint density at radius 3 is 2.61 bits per heavy atom. The van der Waals surface area contributed by atoms with Crippen molar-refractivity contribution in [2.75, 3.05) is 5.75 Å². The quantitative estimate of drug-likeness (QED) is 0.836. The fraction of sp³-hybridized carbons (Fsp3) is 0.538. The summed E-state index contributed by atoms with van der Waals surface area (Å²) in [5.41, 5.74) is 0.829. The van der Waals surface area contributed by atoms with Crippen LogP contribution in [0.4, 0.5) is 0 Å². The van der Waals surface area contributed by atoms with Crippen LogP contribution in [0.1, 0.15) is 37.7 Å². The van der Waals surface area contributed by atoms with Crippen LogP contribution in [0.3, 0.4) is 0 Å². The molecule has 98 valence electrons. The number of Topliss-reactive ketones (excluding diaryl/α,β-unsaturated/α-hetero) is 1. The molecule has 1 fully saturated rings. The number of pyridine rings is 1. The Balaban J connectivity index is 2.21. The van der Waals surface area contributed by atoms with Gasteiger partial charge in [0.25, 0.3) is 0 Å². The lowest BCUT2D eigenvalue weighted by Crippen LogP contribution is -2.37. The number of aromatic nitrogens is 1. The summed E-state index contributed by atoms with van der Waals surface area (Å²) >= 11 is 0. The normalized spacial score (nSPS) is 24.4. The predicted molar refractivity (Wildman–Crippen MR) is 69.1 cm³/mol. The van der Waals surface area contributed by atoms with Crippen molar-refractivity contribution in [3.63, 3.8) is 0 Å². The minimum atomic E-state index is -3.24. The Bertz CT molecular complexity index is 524. The zero-order valence-electron chi connectivity index (χ0n) is 10.4. The Hall–Kier alpha value is -1.23. The van der Waals surface area contributed by atoms with Gasteiger partial charge in [-0.3, -0.25) is 9.78 Å². The first kappa shape index (κ1) is 13.2. The van der Waals surface area contributed by atoms with Crippen LogP contribution < -0.4 is 0 Å². The highest BCUT2D eigenvalue weighted by Crippen LogP contribution is 2.26. The zero-order chi connectivity index (χ0) is 13.2. The molecule has 1 aromatic rings. The number of rotatable bonds is 3. The van der Waals surface area contributed by atoms with E-state index in [9.17, 15) is 13.2 Å². The molecule has 0 radical (unpaired) electrons. The summed E-state index contributed by atoms with van der Waals surface area (Å²) in [4.78, 5) is 16.2. The van der Waals surface area contributed by atoms with E-state index in [1.807, 2.05) is 0 Å². The minimum absolute atomic E-state index is 0.145. The summed E-state index contributed by atoms with van der Waals surface area (Å²) in [6.07, 6.45) is 5.20. The second-order valence-electron chi connectivity index (χ2n) is 4.76. The van der Waals surface area contributed by atoms with Crippen molar-refractivity contribution in [1.82, 2.24) is 4.98 Å². The molecule has 0 aliphatic carbocycles. The van der Waals surface area contributed by atoms with E-state index in [1.165, 1.54) is 0 Å². The van der Waals surface area contributed by atoms with E-state index in [0.29, 0.717) is 12.8 Å². The third-order valence-corrected chi connectivity index (χ3v) is 5.72. The fourth-order valence-electron chi connectivity index (χ4n) is 2.37. The van der Waals surface area contributed by atoms with Crippen molar-refractivity contribution >= 4 is 15.6 Å². The molecule has 5 heteroatoms. The van der Waals surface area contributed by atoms with E-state index in [2.05, 4.69) is 4.98 Å². The van der Waals surface area contributed by atoms with Crippen LogP contribution in [0.15, 0.2) is 24.5 Å². The molecule has 2 heterocycles. The van der Waals surface area contributed by atoms with E-state index in [4.69, 9.17) is 0 Å². The summed E-state index contributed by atoms with van der Waals surface area (Å²) in [5.74, 6) is -0.418. The van der Waals surface area contributed by atoms with Crippen LogP contribution in [0.2, 0.25) is 0 Å². The second-order valence-corrected chi connectivity index (χ2v) is 7.06. The van der Waals surface area contributed by atoms with E-state index < -0.39 is 15.1 Å². The molecule has 1 aromatic heterocycles. The van der Waals surface area contributed by atoms with Crippen LogP contribution in [0.5, 0.6) is 0 Å². The first-order chi connectivity index (χ1) is 8.52. The zero-order valence-corrected chi connectivity index (χ0v) is 11.2. The van der Waals surface area contributed by atoms with Crippen LogP contribution in [0, 0.1) is 0 Å². The SMILES string of the molecule is CC(C(=O)C1CCCCS1(=O)=O)c1ccncc1. The third-order valence-electron chi connectivity index (χ3n) is 3.53. The molecule has 1 saturated heterocycles. The van der Waals surface area contributed by atoms with Crippen LogP contribution in [-0.4, -0.2) is 30.2 Å². The van der Waals surface area contributed by atoms with Crippen molar-refractivity contribution in [2.45, 2.75) is 37.4 Å². The van der Waals surface area contributed by atoms with E-state index in [1.54, 1.807) is 31.5 Å². The summed E-state index contributed by atoms with van der Waals surface area (Å²) in [6, 6.07) is 3.52. The molecule has 2 unspecified atom stereocenters. The van der Waals surface area contributed by atoms with E-state index in [0.717, 1.165) is 12.0 Å². The van der Waals surface area contributed by atoms with E-state index >= 15 is 0 Å². The monoisotopic (exact) mass is 267 g/mol. The van der Waals surface area contributed by atoms with Crippen LogP contribution in [-0.2, 0) is 14.6 Å². The molecule has 0 N–H and O–H groups in total. The molecule has 0 aromatic carbocycles. The average Bonchev–Trinajstić information content (AvgIpc) is 2.37. The van der Waals surface area contributed by atoms with Crippen molar-refractivity contribution in [3.05, 3.63) is 30.1 Å². The molecule has 0 bridgehead atoms. The highest BCUT2D eigenvalue weighted by Gasteiger charge is 2.37. The topological polar surface area (TPSA) is 64.1 Å². The van der Waals surface area contributed by atoms with Gasteiger partial charge in [0.2, 0.25) is 0 Å². The number of ketones is 1. The van der Waals surface area contributed by atoms with Gasteiger partial charge in [-0.25, -0.2) is 8.42 Å². The first-order valence-electron chi connectivity index (χ1n) is 6.17. The molecule has 0 amide bonds. The molecule has 0 saturated carbocycles. The highest BCUT2D eigenvalue weighted by molar-refractivity contribution is 7.92. The summed E-state index contributed by atoms with van der Waals surface area (Å²) < 4.78 is 23.9. The largest absolute Gasteiger partial charge is 0.298 e. The van der Waals surface area contributed by atoms with Crippen molar-refractivity contribution in [2.24, 2.45) is 0 Å². The standard InChI is InChI=1S/C13H17NO3S/c1-10(11-5-7-14-8-6-11)13(15)12-4-2-3-9-18(12,16)17/h5-8,10,12H,2-4,9H2,1H3. The van der Waals surface area contributed by atoms with Gasteiger partial charge >= 0.3 is 0 Å². The third kappa shape index (κ3) is 2.61. The molecule has 1 aliphatic heterocycles. The van der Waals surface area contributed by atoms with Gasteiger partial charge in [-0.2, -0.15) is 0 Å². The molecular formula is C13H17NO3S. The number of hydrogen-bond acceptors (Lipinski definition) is 4. The summed E-state index contributed by atoms with van der Waals surface area (Å²) in [5, 5.41) is -0.811. The minimum Gasteiger partial charge on any atom is -0.298 e.